The van der Waals surface area contributed by atoms with Crippen molar-refractivity contribution < 1.29 is 4.39 Å². The van der Waals surface area contributed by atoms with Gasteiger partial charge in [-0.2, -0.15) is 4.39 Å². The van der Waals surface area contributed by atoms with E-state index in [0.29, 0.717) is 0 Å². The summed E-state index contributed by atoms with van der Waals surface area (Å²) in [7, 11) is 0. The molecule has 0 nitrogen and oxygen atoms in total. The summed E-state index contributed by atoms with van der Waals surface area (Å²) in [5.74, 6) is 0. The fraction of sp³-hybridized carbons (Fsp3) is 0.500. The highest BCUT2D eigenvalue weighted by Gasteiger charge is 1.92. The zero-order valence-corrected chi connectivity index (χ0v) is 7.46. The molecule has 0 N–H and O–H groups in total. The van der Waals surface area contributed by atoms with Crippen molar-refractivity contribution in [2.75, 3.05) is 0 Å². The molecule has 1 aromatic heterocycles. The van der Waals surface area contributed by atoms with Gasteiger partial charge >= 0.3 is 0 Å². The van der Waals surface area contributed by atoms with Crippen LogP contribution < -0.4 is 0 Å². The van der Waals surface area contributed by atoms with Crippen LogP contribution in [0.25, 0.3) is 0 Å². The maximum Gasteiger partial charge on any atom is 0.176 e. The van der Waals surface area contributed by atoms with Crippen LogP contribution in [0.15, 0.2) is 11.4 Å². The van der Waals surface area contributed by atoms with Crippen LogP contribution >= 0.6 is 11.3 Å². The van der Waals surface area contributed by atoms with Gasteiger partial charge in [0.2, 0.25) is 0 Å². The molecule has 2 heteroatoms. The van der Waals surface area contributed by atoms with Crippen LogP contribution in [-0.2, 0) is 6.42 Å². The molecule has 0 saturated carbocycles. The van der Waals surface area contributed by atoms with Gasteiger partial charge in [0.15, 0.2) is 5.13 Å². The molecule has 0 fully saturated rings. The van der Waals surface area contributed by atoms with E-state index in [0.717, 1.165) is 23.3 Å². The quantitative estimate of drug-likeness (QED) is 0.590. The number of thiophene rings is 1. The molecule has 58 valence electrons. The Kier molecular flexibility index (Phi) is 5.22. The zero-order valence-electron chi connectivity index (χ0n) is 6.65. The molecule has 0 saturated heterocycles. The van der Waals surface area contributed by atoms with Crippen LogP contribution in [0.1, 0.15) is 26.3 Å². The van der Waals surface area contributed by atoms with Crippen molar-refractivity contribution in [3.63, 3.8) is 0 Å². The second-order valence-corrected chi connectivity index (χ2v) is 2.47. The van der Waals surface area contributed by atoms with Crippen LogP contribution in [0.2, 0.25) is 0 Å². The van der Waals surface area contributed by atoms with Gasteiger partial charge in [-0.25, -0.2) is 0 Å². The first-order valence-electron chi connectivity index (χ1n) is 3.56. The molecule has 0 aliphatic carbocycles. The molecule has 1 heterocycles. The number of hydrogen-bond donors (Lipinski definition) is 0. The van der Waals surface area contributed by atoms with Gasteiger partial charge in [-0.1, -0.05) is 20.8 Å². The largest absolute Gasteiger partial charge is 0.195 e. The minimum Gasteiger partial charge on any atom is -0.195 e. The number of rotatable bonds is 1. The molecule has 0 bridgehead atoms. The van der Waals surface area contributed by atoms with Crippen molar-refractivity contribution in [3.8, 4) is 0 Å². The highest BCUT2D eigenvalue weighted by Crippen LogP contribution is 2.11. The standard InChI is InChI=1S/C6H7FS.C2H6/c1-2-5-3-6(7)8-4-5;1-2/h3-4H,2H2,1H3;1-2H3. The van der Waals surface area contributed by atoms with Gasteiger partial charge in [0.05, 0.1) is 0 Å². The fourth-order valence-corrected chi connectivity index (χ4v) is 1.25. The van der Waals surface area contributed by atoms with E-state index in [1.165, 1.54) is 0 Å². The summed E-state index contributed by atoms with van der Waals surface area (Å²) in [5.41, 5.74) is 1.09. The first-order chi connectivity index (χ1) is 4.83. The summed E-state index contributed by atoms with van der Waals surface area (Å²) in [6, 6.07) is 1.57. The lowest BCUT2D eigenvalue weighted by Gasteiger charge is -1.79. The predicted octanol–water partition coefficient (Wildman–Crippen LogP) is 3.48. The van der Waals surface area contributed by atoms with E-state index in [2.05, 4.69) is 0 Å². The summed E-state index contributed by atoms with van der Waals surface area (Å²) in [5, 5.41) is 1.76. The average Bonchev–Trinajstić information content (AvgIpc) is 2.40. The van der Waals surface area contributed by atoms with Crippen molar-refractivity contribution in [1.29, 1.82) is 0 Å². The third-order valence-corrected chi connectivity index (χ3v) is 1.79. The van der Waals surface area contributed by atoms with Crippen LogP contribution in [0, 0.1) is 5.13 Å². The van der Waals surface area contributed by atoms with Gasteiger partial charge in [0, 0.05) is 0 Å². The molecule has 0 aliphatic heterocycles. The molecule has 1 rings (SSSR count). The van der Waals surface area contributed by atoms with Crippen molar-refractivity contribution in [3.05, 3.63) is 22.1 Å². The van der Waals surface area contributed by atoms with E-state index in [4.69, 9.17) is 0 Å². The summed E-state index contributed by atoms with van der Waals surface area (Å²) >= 11 is 1.16. The molecular formula is C8H13FS. The van der Waals surface area contributed by atoms with Crippen LogP contribution in [0.5, 0.6) is 0 Å². The van der Waals surface area contributed by atoms with E-state index in [9.17, 15) is 4.39 Å². The van der Waals surface area contributed by atoms with Gasteiger partial charge in [-0.15, -0.1) is 11.3 Å². The minimum absolute atomic E-state index is 0.0816. The maximum atomic E-state index is 12.1. The Morgan fingerprint density at radius 3 is 2.30 bits per heavy atom. The molecule has 0 spiro atoms. The Bertz CT molecular complexity index is 170. The van der Waals surface area contributed by atoms with Gasteiger partial charge < -0.3 is 0 Å². The SMILES string of the molecule is CC.CCc1csc(F)c1. The highest BCUT2D eigenvalue weighted by molar-refractivity contribution is 7.08. The Hall–Kier alpha value is -0.370. The molecule has 0 unspecified atom stereocenters. The number of aryl methyl sites for hydroxylation is 1. The first-order valence-corrected chi connectivity index (χ1v) is 4.44. The van der Waals surface area contributed by atoms with Crippen molar-refractivity contribution in [2.24, 2.45) is 0 Å². The summed E-state index contributed by atoms with van der Waals surface area (Å²) in [4.78, 5) is 0. The summed E-state index contributed by atoms with van der Waals surface area (Å²) in [6.45, 7) is 6.02. The third kappa shape index (κ3) is 2.97. The van der Waals surface area contributed by atoms with Crippen LogP contribution in [0.4, 0.5) is 4.39 Å². The van der Waals surface area contributed by atoms with E-state index in [1.54, 1.807) is 6.07 Å². The third-order valence-electron chi connectivity index (χ3n) is 1.03. The van der Waals surface area contributed by atoms with Crippen LogP contribution in [-0.4, -0.2) is 0 Å². The monoisotopic (exact) mass is 160 g/mol. The molecule has 0 aliphatic rings. The summed E-state index contributed by atoms with van der Waals surface area (Å²) in [6.07, 6.45) is 0.931. The molecule has 1 aromatic rings. The Labute approximate surface area is 65.7 Å². The van der Waals surface area contributed by atoms with Crippen molar-refractivity contribution in [1.82, 2.24) is 0 Å². The van der Waals surface area contributed by atoms with Crippen molar-refractivity contribution >= 4 is 11.3 Å². The van der Waals surface area contributed by atoms with E-state index in [-0.39, 0.29) is 5.13 Å². The van der Waals surface area contributed by atoms with Gasteiger partial charge in [0.25, 0.3) is 0 Å². The van der Waals surface area contributed by atoms with E-state index in [1.807, 2.05) is 26.2 Å². The Morgan fingerprint density at radius 1 is 1.50 bits per heavy atom. The first kappa shape index (κ1) is 9.63. The lowest BCUT2D eigenvalue weighted by atomic mass is 10.3. The maximum absolute atomic E-state index is 12.1. The molecule has 0 atom stereocenters. The zero-order chi connectivity index (χ0) is 7.98. The van der Waals surface area contributed by atoms with Gasteiger partial charge in [-0.3, -0.25) is 0 Å². The van der Waals surface area contributed by atoms with Gasteiger partial charge in [0.1, 0.15) is 0 Å². The minimum atomic E-state index is -0.0816. The average molecular weight is 160 g/mol. The smallest absolute Gasteiger partial charge is 0.176 e. The fourth-order valence-electron chi connectivity index (χ4n) is 0.531. The second kappa shape index (κ2) is 5.42. The highest BCUT2D eigenvalue weighted by atomic mass is 32.1. The van der Waals surface area contributed by atoms with E-state index < -0.39 is 0 Å². The molecule has 0 aromatic carbocycles. The Balaban J connectivity index is 0.000000371. The lowest BCUT2D eigenvalue weighted by Crippen LogP contribution is -1.68. The number of halogens is 1. The molecule has 10 heavy (non-hydrogen) atoms. The van der Waals surface area contributed by atoms with Crippen molar-refractivity contribution in [2.45, 2.75) is 27.2 Å². The van der Waals surface area contributed by atoms with Gasteiger partial charge in [-0.05, 0) is 23.4 Å². The molecular weight excluding hydrogens is 147 g/mol. The molecule has 0 amide bonds. The number of hydrogen-bond acceptors (Lipinski definition) is 1. The lowest BCUT2D eigenvalue weighted by molar-refractivity contribution is 0.656. The normalized spacial score (nSPS) is 8.40. The predicted molar refractivity (Wildman–Crippen MR) is 45.0 cm³/mol. The second-order valence-electron chi connectivity index (χ2n) is 1.61. The molecule has 0 radical (unpaired) electrons. The Morgan fingerprint density at radius 2 is 2.10 bits per heavy atom. The van der Waals surface area contributed by atoms with Crippen LogP contribution in [0.3, 0.4) is 0 Å². The summed E-state index contributed by atoms with van der Waals surface area (Å²) < 4.78 is 12.1. The van der Waals surface area contributed by atoms with E-state index >= 15 is 0 Å². The topological polar surface area (TPSA) is 0 Å².